The van der Waals surface area contributed by atoms with E-state index in [1.165, 1.54) is 37.6 Å². The van der Waals surface area contributed by atoms with Crippen LogP contribution in [0.1, 0.15) is 55.7 Å². The van der Waals surface area contributed by atoms with Crippen LogP contribution in [0, 0.1) is 13.8 Å². The van der Waals surface area contributed by atoms with Crippen LogP contribution in [0.5, 0.6) is 6.01 Å². The van der Waals surface area contributed by atoms with Gasteiger partial charge in [-0.3, -0.25) is 4.79 Å². The fourth-order valence-electron chi connectivity index (χ4n) is 5.96. The third kappa shape index (κ3) is 8.73. The molecule has 4 aromatic heterocycles. The summed E-state index contributed by atoms with van der Waals surface area (Å²) >= 11 is 0.592. The molecule has 51 heavy (non-hydrogen) atoms. The van der Waals surface area contributed by atoms with E-state index in [4.69, 9.17) is 14.8 Å². The van der Waals surface area contributed by atoms with E-state index in [0.29, 0.717) is 64.6 Å². The second-order valence-electron chi connectivity index (χ2n) is 12.7. The number of ether oxygens (including phenoxy) is 1. The lowest BCUT2D eigenvalue weighted by Crippen LogP contribution is -2.54. The van der Waals surface area contributed by atoms with Crippen molar-refractivity contribution in [3.8, 4) is 17.3 Å². The van der Waals surface area contributed by atoms with Crippen molar-refractivity contribution >= 4 is 40.8 Å². The summed E-state index contributed by atoms with van der Waals surface area (Å²) in [6, 6.07) is -0.0233. The lowest BCUT2D eigenvalue weighted by atomic mass is 9.83. The molecule has 1 saturated carbocycles. The van der Waals surface area contributed by atoms with Crippen molar-refractivity contribution < 1.29 is 32.8 Å². The van der Waals surface area contributed by atoms with E-state index in [1.807, 2.05) is 11.8 Å². The van der Waals surface area contributed by atoms with Crippen LogP contribution in [0.15, 0.2) is 24.8 Å². The summed E-state index contributed by atoms with van der Waals surface area (Å²) in [5.74, 6) is 1.80. The summed E-state index contributed by atoms with van der Waals surface area (Å²) in [7, 11) is -1.48. The maximum Gasteiger partial charge on any atom is 0.491 e. The molecule has 0 bridgehead atoms. The van der Waals surface area contributed by atoms with Crippen molar-refractivity contribution in [3.05, 3.63) is 41.4 Å². The third-order valence-electron chi connectivity index (χ3n) is 8.91. The highest BCUT2D eigenvalue weighted by Crippen LogP contribution is 2.43. The average Bonchev–Trinajstić information content (AvgIpc) is 3.84. The largest absolute Gasteiger partial charge is 0.491 e. The Morgan fingerprint density at radius 3 is 2.20 bits per heavy atom. The van der Waals surface area contributed by atoms with Crippen LogP contribution in [-0.2, 0) is 17.5 Å². The Hall–Kier alpha value is -4.43. The molecule has 4 aromatic rings. The SMILES string of the molecule is Cc1nc(C)n(CC(=O)N2CCN(c3sc(C(F)(F)F)nc3-c3cnc(OC4CCC4)nc3)C[C@H]2C)n1.OB(O)c1cnc(N2CCCC2)nc1. The van der Waals surface area contributed by atoms with Crippen molar-refractivity contribution in [3.63, 3.8) is 0 Å². The molecule has 3 aliphatic rings. The Morgan fingerprint density at radius 1 is 0.961 bits per heavy atom. The summed E-state index contributed by atoms with van der Waals surface area (Å²) < 4.78 is 48.1. The van der Waals surface area contributed by atoms with E-state index in [-0.39, 0.29) is 36.3 Å². The molecule has 1 aliphatic carbocycles. The van der Waals surface area contributed by atoms with E-state index < -0.39 is 18.3 Å². The first-order chi connectivity index (χ1) is 24.4. The van der Waals surface area contributed by atoms with Gasteiger partial charge in [0, 0.05) is 74.6 Å². The van der Waals surface area contributed by atoms with Gasteiger partial charge in [-0.15, -0.1) is 0 Å². The zero-order chi connectivity index (χ0) is 36.3. The first-order valence-corrected chi connectivity index (χ1v) is 17.6. The normalized spacial score (nSPS) is 18.0. The Labute approximate surface area is 296 Å². The van der Waals surface area contributed by atoms with Gasteiger partial charge in [-0.2, -0.15) is 18.3 Å². The number of hydrogen-bond acceptors (Lipinski definition) is 14. The van der Waals surface area contributed by atoms with Gasteiger partial charge in [0.05, 0.1) is 0 Å². The molecule has 0 radical (unpaired) electrons. The first kappa shape index (κ1) is 36.4. The number of piperazine rings is 1. The maximum atomic E-state index is 13.6. The van der Waals surface area contributed by atoms with Crippen molar-refractivity contribution in [2.75, 3.05) is 42.5 Å². The summed E-state index contributed by atoms with van der Waals surface area (Å²) in [4.78, 5) is 43.3. The number of hydrogen-bond donors (Lipinski definition) is 2. The molecule has 7 rings (SSSR count). The highest BCUT2D eigenvalue weighted by atomic mass is 32.1. The fourth-order valence-corrected chi connectivity index (χ4v) is 6.95. The average molecular weight is 730 g/mol. The summed E-state index contributed by atoms with van der Waals surface area (Å²) in [6.45, 7) is 8.54. The minimum absolute atomic E-state index is 0.0632. The molecule has 2 N–H and O–H groups in total. The molecule has 2 aliphatic heterocycles. The molecule has 0 unspecified atom stereocenters. The number of thiazole rings is 1. The van der Waals surface area contributed by atoms with E-state index in [9.17, 15) is 18.0 Å². The van der Waals surface area contributed by atoms with Gasteiger partial charge in [-0.1, -0.05) is 11.3 Å². The van der Waals surface area contributed by atoms with Crippen molar-refractivity contribution in [2.24, 2.45) is 0 Å². The van der Waals surface area contributed by atoms with E-state index in [2.05, 4.69) is 39.9 Å². The standard InChI is InChI=1S/C23H27F3N8O2S.C8H12BN3O2/c1-13-11-32(7-8-33(13)18(35)12-34-15(3)29-14(2)31-34)20-19(30-21(37-20)23(24,25)26)16-9-27-22(28-10-16)36-17-5-4-6-17;13-9(14)7-5-10-8(11-6-7)12-3-1-2-4-12/h9-10,13,17H,4-8,11-12H2,1-3H3;5-6,13-14H,1-4H2/t13-;/m1./s1. The zero-order valence-electron chi connectivity index (χ0n) is 28.5. The topological polar surface area (TPSA) is 172 Å². The van der Waals surface area contributed by atoms with Crippen molar-refractivity contribution in [1.29, 1.82) is 0 Å². The van der Waals surface area contributed by atoms with Crippen LogP contribution >= 0.6 is 11.3 Å². The number of halogens is 3. The number of aryl methyl sites for hydroxylation is 2. The molecule has 272 valence electrons. The van der Waals surface area contributed by atoms with Gasteiger partial charge in [0.25, 0.3) is 0 Å². The predicted octanol–water partition coefficient (Wildman–Crippen LogP) is 2.25. The van der Waals surface area contributed by atoms with Crippen molar-refractivity contribution in [2.45, 2.75) is 77.7 Å². The van der Waals surface area contributed by atoms with Gasteiger partial charge < -0.3 is 29.5 Å². The highest BCUT2D eigenvalue weighted by Gasteiger charge is 2.38. The molecule has 3 fully saturated rings. The molecular formula is C31H39BF3N11O4S. The second kappa shape index (κ2) is 15.4. The molecule has 1 atom stereocenters. The minimum Gasteiger partial charge on any atom is -0.460 e. The lowest BCUT2D eigenvalue weighted by molar-refractivity contribution is -0.137. The minimum atomic E-state index is -4.58. The second-order valence-corrected chi connectivity index (χ2v) is 13.7. The fraction of sp³-hybridized carbons (Fsp3) is 0.548. The van der Waals surface area contributed by atoms with E-state index in [0.717, 1.165) is 32.4 Å². The van der Waals surface area contributed by atoms with Crippen LogP contribution in [0.2, 0.25) is 0 Å². The van der Waals surface area contributed by atoms with Crippen LogP contribution in [-0.4, -0.2) is 113 Å². The monoisotopic (exact) mass is 729 g/mol. The van der Waals surface area contributed by atoms with Gasteiger partial charge in [-0.05, 0) is 52.9 Å². The van der Waals surface area contributed by atoms with Gasteiger partial charge in [0.1, 0.15) is 35.0 Å². The maximum absolute atomic E-state index is 13.6. The van der Waals surface area contributed by atoms with Gasteiger partial charge in [0.2, 0.25) is 16.9 Å². The number of nitrogens with zero attached hydrogens (tertiary/aromatic N) is 11. The van der Waals surface area contributed by atoms with Gasteiger partial charge in [-0.25, -0.2) is 34.6 Å². The van der Waals surface area contributed by atoms with Gasteiger partial charge >= 0.3 is 19.3 Å². The molecule has 6 heterocycles. The van der Waals surface area contributed by atoms with Crippen molar-refractivity contribution in [1.82, 2.24) is 44.6 Å². The molecule has 15 nitrogen and oxygen atoms in total. The zero-order valence-corrected chi connectivity index (χ0v) is 29.3. The number of anilines is 2. The summed E-state index contributed by atoms with van der Waals surface area (Å²) in [6.07, 6.45) is 6.65. The Bertz CT molecular complexity index is 1780. The van der Waals surface area contributed by atoms with Gasteiger partial charge in [0.15, 0.2) is 0 Å². The van der Waals surface area contributed by atoms with E-state index >= 15 is 0 Å². The summed E-state index contributed by atoms with van der Waals surface area (Å²) in [5, 5.41) is 21.4. The highest BCUT2D eigenvalue weighted by molar-refractivity contribution is 7.16. The number of rotatable bonds is 8. The van der Waals surface area contributed by atoms with Crippen LogP contribution in [0.3, 0.4) is 0 Å². The Balaban J connectivity index is 0.000000267. The molecular weight excluding hydrogens is 690 g/mol. The number of amides is 1. The van der Waals surface area contributed by atoms with Crippen LogP contribution in [0.25, 0.3) is 11.3 Å². The number of aromatic nitrogens is 8. The number of alkyl halides is 3. The quantitative estimate of drug-likeness (QED) is 0.254. The number of carbonyl (C=O) groups is 1. The lowest BCUT2D eigenvalue weighted by Gasteiger charge is -2.40. The Morgan fingerprint density at radius 2 is 1.65 bits per heavy atom. The molecule has 0 spiro atoms. The molecule has 0 aromatic carbocycles. The number of carbonyl (C=O) groups excluding carboxylic acids is 1. The van der Waals surface area contributed by atoms with E-state index in [1.54, 1.807) is 23.4 Å². The molecule has 1 amide bonds. The molecule has 20 heteroatoms. The first-order valence-electron chi connectivity index (χ1n) is 16.8. The van der Waals surface area contributed by atoms with Crippen LogP contribution in [0.4, 0.5) is 24.1 Å². The third-order valence-corrected chi connectivity index (χ3v) is 10.1. The summed E-state index contributed by atoms with van der Waals surface area (Å²) in [5.41, 5.74) is 0.882. The van der Waals surface area contributed by atoms with Crippen LogP contribution < -0.4 is 20.0 Å². The Kier molecular flexibility index (Phi) is 11.0. The smallest absolute Gasteiger partial charge is 0.460 e. The molecule has 2 saturated heterocycles. The predicted molar refractivity (Wildman–Crippen MR) is 183 cm³/mol.